The Bertz CT molecular complexity index is 656. The van der Waals surface area contributed by atoms with Gasteiger partial charge in [-0.2, -0.15) is 0 Å². The van der Waals surface area contributed by atoms with Crippen molar-refractivity contribution >= 4 is 27.3 Å². The SMILES string of the molecule is NCC1(NS(=O)(=O)c2cc(Cl)ccc2[N+](=O)[O-])CCCC1. The fourth-order valence-corrected chi connectivity index (χ4v) is 4.50. The van der Waals surface area contributed by atoms with Gasteiger partial charge >= 0.3 is 0 Å². The molecule has 7 nitrogen and oxygen atoms in total. The van der Waals surface area contributed by atoms with Crippen molar-refractivity contribution in [3.8, 4) is 0 Å². The van der Waals surface area contributed by atoms with Gasteiger partial charge in [-0.15, -0.1) is 0 Å². The Balaban J connectivity index is 2.44. The van der Waals surface area contributed by atoms with Crippen LogP contribution in [0.1, 0.15) is 25.7 Å². The number of sulfonamides is 1. The van der Waals surface area contributed by atoms with Crippen molar-refractivity contribution in [2.45, 2.75) is 36.1 Å². The molecule has 116 valence electrons. The van der Waals surface area contributed by atoms with Crippen LogP contribution in [0.5, 0.6) is 0 Å². The van der Waals surface area contributed by atoms with Crippen molar-refractivity contribution in [2.75, 3.05) is 6.54 Å². The Hall–Kier alpha value is -1.22. The summed E-state index contributed by atoms with van der Waals surface area (Å²) >= 11 is 5.77. The first-order valence-corrected chi connectivity index (χ1v) is 8.34. The van der Waals surface area contributed by atoms with Gasteiger partial charge in [-0.1, -0.05) is 24.4 Å². The Kier molecular flexibility index (Phi) is 4.52. The summed E-state index contributed by atoms with van der Waals surface area (Å²) in [6.07, 6.45) is 2.99. The molecule has 0 bridgehead atoms. The monoisotopic (exact) mass is 333 g/mol. The second kappa shape index (κ2) is 5.88. The minimum absolute atomic E-state index is 0.120. The van der Waals surface area contributed by atoms with Crippen LogP contribution in [0.2, 0.25) is 5.02 Å². The van der Waals surface area contributed by atoms with E-state index < -0.39 is 31.1 Å². The molecule has 0 atom stereocenters. The summed E-state index contributed by atoms with van der Waals surface area (Å²) in [5.41, 5.74) is 4.47. The molecule has 1 fully saturated rings. The molecule has 1 aliphatic carbocycles. The minimum atomic E-state index is -4.07. The molecule has 0 aromatic heterocycles. The van der Waals surface area contributed by atoms with Crippen molar-refractivity contribution in [2.24, 2.45) is 5.73 Å². The van der Waals surface area contributed by atoms with Crippen molar-refractivity contribution in [1.29, 1.82) is 0 Å². The van der Waals surface area contributed by atoms with Crippen LogP contribution in [0.4, 0.5) is 5.69 Å². The maximum absolute atomic E-state index is 12.5. The molecule has 2 rings (SSSR count). The van der Waals surface area contributed by atoms with E-state index in [4.69, 9.17) is 17.3 Å². The highest BCUT2D eigenvalue weighted by Gasteiger charge is 2.38. The Labute approximate surface area is 127 Å². The van der Waals surface area contributed by atoms with E-state index in [1.165, 1.54) is 6.07 Å². The van der Waals surface area contributed by atoms with Gasteiger partial charge in [0, 0.05) is 23.2 Å². The molecular weight excluding hydrogens is 318 g/mol. The first kappa shape index (κ1) is 16.2. The first-order chi connectivity index (χ1) is 9.80. The molecule has 0 saturated heterocycles. The summed E-state index contributed by atoms with van der Waals surface area (Å²) in [5, 5.41) is 11.1. The number of benzene rings is 1. The third-order valence-corrected chi connectivity index (χ3v) is 5.55. The van der Waals surface area contributed by atoms with Gasteiger partial charge in [0.15, 0.2) is 4.90 Å². The molecule has 0 spiro atoms. The molecule has 1 aromatic rings. The maximum Gasteiger partial charge on any atom is 0.289 e. The highest BCUT2D eigenvalue weighted by Crippen LogP contribution is 2.33. The van der Waals surface area contributed by atoms with Crippen LogP contribution < -0.4 is 10.5 Å². The van der Waals surface area contributed by atoms with E-state index >= 15 is 0 Å². The summed E-state index contributed by atoms with van der Waals surface area (Å²) in [5.74, 6) is 0. The molecule has 9 heteroatoms. The predicted molar refractivity (Wildman–Crippen MR) is 78.7 cm³/mol. The lowest BCUT2D eigenvalue weighted by atomic mass is 10.0. The topological polar surface area (TPSA) is 115 Å². The van der Waals surface area contributed by atoms with Crippen molar-refractivity contribution in [3.05, 3.63) is 33.3 Å². The molecule has 1 saturated carbocycles. The van der Waals surface area contributed by atoms with Crippen LogP contribution >= 0.6 is 11.6 Å². The first-order valence-electron chi connectivity index (χ1n) is 6.48. The number of halogens is 1. The van der Waals surface area contributed by atoms with Crippen molar-refractivity contribution in [1.82, 2.24) is 4.72 Å². The number of hydrogen-bond acceptors (Lipinski definition) is 5. The van der Waals surface area contributed by atoms with E-state index in [1.54, 1.807) is 0 Å². The van der Waals surface area contributed by atoms with E-state index in [1.807, 2.05) is 0 Å². The number of hydrogen-bond donors (Lipinski definition) is 2. The second-order valence-corrected chi connectivity index (χ2v) is 7.25. The number of nitrogens with zero attached hydrogens (tertiary/aromatic N) is 1. The third-order valence-electron chi connectivity index (χ3n) is 3.71. The Morgan fingerprint density at radius 1 is 1.38 bits per heavy atom. The second-order valence-electron chi connectivity index (χ2n) is 5.17. The lowest BCUT2D eigenvalue weighted by molar-refractivity contribution is -0.387. The molecule has 0 amide bonds. The van der Waals surface area contributed by atoms with Crippen LogP contribution in [-0.2, 0) is 10.0 Å². The molecule has 0 aliphatic heterocycles. The summed E-state index contributed by atoms with van der Waals surface area (Å²) in [6.45, 7) is 0.153. The average Bonchev–Trinajstić information content (AvgIpc) is 2.86. The van der Waals surface area contributed by atoms with Crippen molar-refractivity contribution in [3.63, 3.8) is 0 Å². The zero-order valence-electron chi connectivity index (χ0n) is 11.2. The normalized spacial score (nSPS) is 17.8. The third kappa shape index (κ3) is 3.34. The fourth-order valence-electron chi connectivity index (χ4n) is 2.59. The largest absolute Gasteiger partial charge is 0.329 e. The lowest BCUT2D eigenvalue weighted by Crippen LogP contribution is -2.51. The van der Waals surface area contributed by atoms with Crippen LogP contribution in [0.3, 0.4) is 0 Å². The van der Waals surface area contributed by atoms with E-state index in [9.17, 15) is 18.5 Å². The molecule has 1 aromatic carbocycles. The van der Waals surface area contributed by atoms with Crippen LogP contribution in [0.15, 0.2) is 23.1 Å². The smallest absolute Gasteiger partial charge is 0.289 e. The van der Waals surface area contributed by atoms with Gasteiger partial charge in [-0.05, 0) is 25.0 Å². The molecule has 21 heavy (non-hydrogen) atoms. The lowest BCUT2D eigenvalue weighted by Gasteiger charge is -2.28. The summed E-state index contributed by atoms with van der Waals surface area (Å²) < 4.78 is 27.5. The minimum Gasteiger partial charge on any atom is -0.329 e. The number of nitro groups is 1. The number of nitrogens with two attached hydrogens (primary N) is 1. The summed E-state index contributed by atoms with van der Waals surface area (Å²) in [4.78, 5) is 9.84. The number of nitrogens with one attached hydrogen (secondary N) is 1. The standard InChI is InChI=1S/C12H16ClN3O4S/c13-9-3-4-10(16(17)18)11(7-9)21(19,20)15-12(8-14)5-1-2-6-12/h3-4,7,15H,1-2,5-6,8,14H2. The Morgan fingerprint density at radius 3 is 2.52 bits per heavy atom. The zero-order chi connectivity index (χ0) is 15.7. The van der Waals surface area contributed by atoms with Crippen LogP contribution in [0, 0.1) is 10.1 Å². The van der Waals surface area contributed by atoms with Crippen LogP contribution in [0.25, 0.3) is 0 Å². The maximum atomic E-state index is 12.5. The van der Waals surface area contributed by atoms with Gasteiger partial charge in [0.1, 0.15) is 0 Å². The summed E-state index contributed by atoms with van der Waals surface area (Å²) in [7, 11) is -4.07. The van der Waals surface area contributed by atoms with E-state index in [0.717, 1.165) is 25.0 Å². The zero-order valence-corrected chi connectivity index (χ0v) is 12.8. The van der Waals surface area contributed by atoms with Gasteiger partial charge in [0.05, 0.1) is 4.92 Å². The highest BCUT2D eigenvalue weighted by atomic mass is 35.5. The van der Waals surface area contributed by atoms with E-state index in [0.29, 0.717) is 12.8 Å². The molecule has 3 N–H and O–H groups in total. The van der Waals surface area contributed by atoms with Crippen LogP contribution in [-0.4, -0.2) is 25.4 Å². The van der Waals surface area contributed by atoms with Gasteiger partial charge in [0.25, 0.3) is 5.69 Å². The molecular formula is C12H16ClN3O4S. The van der Waals surface area contributed by atoms with Crippen molar-refractivity contribution < 1.29 is 13.3 Å². The quantitative estimate of drug-likeness (QED) is 0.629. The molecule has 0 heterocycles. The van der Waals surface area contributed by atoms with E-state index in [-0.39, 0.29) is 11.6 Å². The molecule has 0 unspecified atom stereocenters. The molecule has 0 radical (unpaired) electrons. The molecule has 1 aliphatic rings. The average molecular weight is 334 g/mol. The Morgan fingerprint density at radius 2 is 2.00 bits per heavy atom. The van der Waals surface area contributed by atoms with E-state index in [2.05, 4.69) is 4.72 Å². The number of nitro benzene ring substituents is 1. The van der Waals surface area contributed by atoms with Gasteiger partial charge in [-0.3, -0.25) is 10.1 Å². The fraction of sp³-hybridized carbons (Fsp3) is 0.500. The summed E-state index contributed by atoms with van der Waals surface area (Å²) in [6, 6.07) is 3.45. The highest BCUT2D eigenvalue weighted by molar-refractivity contribution is 7.89. The van der Waals surface area contributed by atoms with Gasteiger partial charge < -0.3 is 5.73 Å². The van der Waals surface area contributed by atoms with Gasteiger partial charge in [0.2, 0.25) is 10.0 Å². The van der Waals surface area contributed by atoms with Gasteiger partial charge in [-0.25, -0.2) is 13.1 Å². The predicted octanol–water partition coefficient (Wildman–Crippen LogP) is 1.80. The number of rotatable bonds is 5.